The van der Waals surface area contributed by atoms with Crippen LogP contribution in [0.3, 0.4) is 0 Å². The Bertz CT molecular complexity index is 1210. The molecule has 0 spiro atoms. The fourth-order valence-corrected chi connectivity index (χ4v) is 3.79. The predicted molar refractivity (Wildman–Crippen MR) is 142 cm³/mol. The molecule has 1 heterocycles. The molecule has 1 atom stereocenters. The summed E-state index contributed by atoms with van der Waals surface area (Å²) in [6, 6.07) is 25.8. The molecular formula is C30H34F3N3O4. The van der Waals surface area contributed by atoms with E-state index >= 15 is 0 Å². The number of pyridine rings is 1. The lowest BCUT2D eigenvalue weighted by molar-refractivity contribution is -0.380. The largest absolute Gasteiger partial charge is 0.542 e. The number of Topliss-reactive ketones (excluding diaryl/α,β-unsaturated/α-hetero) is 1. The summed E-state index contributed by atoms with van der Waals surface area (Å²) in [7, 11) is 0. The number of benzene rings is 2. The van der Waals surface area contributed by atoms with Crippen LogP contribution in [-0.4, -0.2) is 24.0 Å². The summed E-state index contributed by atoms with van der Waals surface area (Å²) < 4.78 is 31.5. The summed E-state index contributed by atoms with van der Waals surface area (Å²) in [4.78, 5) is 36.6. The molecule has 0 fully saturated rings. The van der Waals surface area contributed by atoms with Gasteiger partial charge in [0, 0.05) is 37.1 Å². The monoisotopic (exact) mass is 557 g/mol. The van der Waals surface area contributed by atoms with Gasteiger partial charge in [0.2, 0.25) is 11.4 Å². The second-order valence-electron chi connectivity index (χ2n) is 9.03. The van der Waals surface area contributed by atoms with E-state index in [1.807, 2.05) is 73.7 Å². The topological polar surface area (TPSA) is 112 Å². The molecule has 3 rings (SSSR count). The fraction of sp³-hybridized carbons (Fsp3) is 0.333. The molecule has 0 radical (unpaired) electrons. The summed E-state index contributed by atoms with van der Waals surface area (Å²) in [5.41, 5.74) is 4.14. The molecule has 7 nitrogen and oxygen atoms in total. The van der Waals surface area contributed by atoms with Gasteiger partial charge in [-0.25, -0.2) is 9.78 Å². The number of hydrogen-bond acceptors (Lipinski definition) is 4. The molecule has 10 heteroatoms. The van der Waals surface area contributed by atoms with Gasteiger partial charge in [-0.15, -0.1) is 0 Å². The molecule has 0 saturated carbocycles. The van der Waals surface area contributed by atoms with Crippen LogP contribution in [-0.2, 0) is 16.1 Å². The molecule has 3 N–H and O–H groups in total. The van der Waals surface area contributed by atoms with Crippen LogP contribution in [0.2, 0.25) is 0 Å². The number of unbranched alkanes of at least 4 members (excludes halogenated alkanes) is 2. The summed E-state index contributed by atoms with van der Waals surface area (Å²) >= 11 is 0. The summed E-state index contributed by atoms with van der Waals surface area (Å²) in [6.45, 7) is 2.39. The minimum absolute atomic E-state index is 0.147. The van der Waals surface area contributed by atoms with Gasteiger partial charge in [0.15, 0.2) is 0 Å². The van der Waals surface area contributed by atoms with E-state index in [1.165, 1.54) is 0 Å². The third-order valence-electron chi connectivity index (χ3n) is 5.95. The maximum atomic E-state index is 12.7. The highest BCUT2D eigenvalue weighted by molar-refractivity contribution is 5.77. The van der Waals surface area contributed by atoms with E-state index in [9.17, 15) is 22.8 Å². The predicted octanol–water partition coefficient (Wildman–Crippen LogP) is 4.94. The standard InChI is InChI=1S/C28H33N3O2.C2HF3O2/c1-2-24(32)17-10-5-11-18-27(31-28(33)29-21-22-13-6-3-7-14-22)26-20-12-19-25(30-26)23-15-8-4-9-16-23;3-2(4,5)1(6)7/h3-4,6-9,12-16,19-20,27H,2,5,10-11,17-18,21H2,1H3,(H2,29,31,33);(H,6,7)/t27-;/m0./s1. The first-order chi connectivity index (χ1) is 19.1. The van der Waals surface area contributed by atoms with Crippen LogP contribution >= 0.6 is 0 Å². The van der Waals surface area contributed by atoms with Crippen LogP contribution in [0, 0.1) is 0 Å². The third kappa shape index (κ3) is 12.1. The van der Waals surface area contributed by atoms with Crippen molar-refractivity contribution in [3.8, 4) is 11.3 Å². The Morgan fingerprint density at radius 3 is 2.10 bits per heavy atom. The van der Waals surface area contributed by atoms with Crippen molar-refractivity contribution in [2.75, 3.05) is 0 Å². The van der Waals surface area contributed by atoms with Crippen LogP contribution in [0.4, 0.5) is 18.0 Å². The van der Waals surface area contributed by atoms with E-state index in [0.29, 0.717) is 25.2 Å². The van der Waals surface area contributed by atoms with Gasteiger partial charge in [-0.1, -0.05) is 68.3 Å². The Kier molecular flexibility index (Phi) is 13.4. The molecule has 1 aromatic heterocycles. The maximum Gasteiger partial charge on any atom is 0.430 e. The van der Waals surface area contributed by atoms with Crippen molar-refractivity contribution >= 4 is 17.8 Å². The number of carbonyl (C=O) groups excluding carboxylic acids is 3. The lowest BCUT2D eigenvalue weighted by Crippen LogP contribution is -2.39. The van der Waals surface area contributed by atoms with E-state index in [1.54, 1.807) is 0 Å². The molecule has 0 bridgehead atoms. The number of amides is 2. The number of nitrogens with one attached hydrogen (secondary N) is 3. The summed E-state index contributed by atoms with van der Waals surface area (Å²) in [5.74, 6) is -2.69. The first-order valence-corrected chi connectivity index (χ1v) is 13.1. The van der Waals surface area contributed by atoms with E-state index in [-0.39, 0.29) is 12.1 Å². The van der Waals surface area contributed by atoms with Crippen LogP contribution in [0.15, 0.2) is 78.9 Å². The molecular weight excluding hydrogens is 523 g/mol. The van der Waals surface area contributed by atoms with Crippen molar-refractivity contribution < 1.29 is 37.6 Å². The van der Waals surface area contributed by atoms with Crippen LogP contribution in [0.5, 0.6) is 0 Å². The molecule has 214 valence electrons. The van der Waals surface area contributed by atoms with Crippen molar-refractivity contribution in [2.45, 2.75) is 64.2 Å². The molecule has 0 unspecified atom stereocenters. The molecule has 0 saturated heterocycles. The van der Waals surface area contributed by atoms with Crippen molar-refractivity contribution in [2.24, 2.45) is 0 Å². The van der Waals surface area contributed by atoms with Gasteiger partial charge in [-0.2, -0.15) is 13.2 Å². The Morgan fingerprint density at radius 2 is 1.50 bits per heavy atom. The van der Waals surface area contributed by atoms with Gasteiger partial charge in [0.1, 0.15) is 17.8 Å². The van der Waals surface area contributed by atoms with E-state index in [4.69, 9.17) is 9.90 Å². The molecule has 0 aliphatic heterocycles. The quantitative estimate of drug-likeness (QED) is 0.307. The zero-order chi connectivity index (χ0) is 29.4. The number of aliphatic carboxylic acids is 1. The van der Waals surface area contributed by atoms with Gasteiger partial charge in [-0.05, 0) is 36.6 Å². The van der Waals surface area contributed by atoms with Gasteiger partial charge in [0.25, 0.3) is 0 Å². The van der Waals surface area contributed by atoms with Crippen LogP contribution < -0.4 is 20.7 Å². The maximum absolute atomic E-state index is 12.7. The Hall–Kier alpha value is -4.21. The highest BCUT2D eigenvalue weighted by Crippen LogP contribution is 2.20. The Morgan fingerprint density at radius 1 is 0.875 bits per heavy atom. The second-order valence-corrected chi connectivity index (χ2v) is 9.03. The fourth-order valence-electron chi connectivity index (χ4n) is 3.79. The molecule has 0 aliphatic rings. The zero-order valence-electron chi connectivity index (χ0n) is 22.3. The number of halogens is 3. The first kappa shape index (κ1) is 32.0. The minimum Gasteiger partial charge on any atom is -0.542 e. The molecule has 2 aromatic carbocycles. The number of H-pyrrole nitrogens is 1. The van der Waals surface area contributed by atoms with E-state index in [2.05, 4.69) is 27.8 Å². The smallest absolute Gasteiger partial charge is 0.430 e. The molecule has 3 aromatic rings. The van der Waals surface area contributed by atoms with Crippen LogP contribution in [0.1, 0.15) is 62.7 Å². The number of rotatable bonds is 12. The number of urea groups is 1. The number of hydrogen-bond donors (Lipinski definition) is 2. The van der Waals surface area contributed by atoms with Crippen molar-refractivity contribution in [3.05, 3.63) is 90.1 Å². The van der Waals surface area contributed by atoms with E-state index < -0.39 is 12.1 Å². The normalized spacial score (nSPS) is 11.5. The van der Waals surface area contributed by atoms with Gasteiger partial charge in [-0.3, -0.25) is 4.79 Å². The summed E-state index contributed by atoms with van der Waals surface area (Å²) in [6.07, 6.45) is -0.353. The second kappa shape index (κ2) is 16.7. The average molecular weight is 558 g/mol. The van der Waals surface area contributed by atoms with Crippen molar-refractivity contribution in [1.29, 1.82) is 0 Å². The van der Waals surface area contributed by atoms with E-state index in [0.717, 1.165) is 48.2 Å². The minimum atomic E-state index is -5.19. The average Bonchev–Trinajstić information content (AvgIpc) is 2.96. The number of ketones is 1. The number of carboxylic acids is 1. The zero-order valence-corrected chi connectivity index (χ0v) is 22.3. The highest BCUT2D eigenvalue weighted by Gasteiger charge is 2.28. The number of aromatic nitrogens is 1. The highest BCUT2D eigenvalue weighted by atomic mass is 19.4. The molecule has 40 heavy (non-hydrogen) atoms. The first-order valence-electron chi connectivity index (χ1n) is 13.1. The van der Waals surface area contributed by atoms with Crippen LogP contribution in [0.25, 0.3) is 11.3 Å². The van der Waals surface area contributed by atoms with Crippen molar-refractivity contribution in [3.63, 3.8) is 0 Å². The summed E-state index contributed by atoms with van der Waals surface area (Å²) in [5, 5.41) is 14.9. The number of aromatic amines is 1. The number of alkyl halides is 3. The number of carbonyl (C=O) groups is 3. The SMILES string of the molecule is CCC(=O)CCCCC[C@H](NC(=O)NCc1ccccc1)c1cccc(-c2ccccc2)[nH+]1.O=C([O-])C(F)(F)F. The Labute approximate surface area is 231 Å². The van der Waals surface area contributed by atoms with Gasteiger partial charge in [0.05, 0.1) is 0 Å². The Balaban J connectivity index is 0.000000708. The van der Waals surface area contributed by atoms with Gasteiger partial charge < -0.3 is 20.5 Å². The number of carboxylic acid groups (broad SMARTS) is 1. The molecule has 0 aliphatic carbocycles. The van der Waals surface area contributed by atoms with Crippen molar-refractivity contribution in [1.82, 2.24) is 10.6 Å². The lowest BCUT2D eigenvalue weighted by Gasteiger charge is -2.16. The van der Waals surface area contributed by atoms with Gasteiger partial charge >= 0.3 is 12.2 Å². The lowest BCUT2D eigenvalue weighted by atomic mass is 10.0. The third-order valence-corrected chi connectivity index (χ3v) is 5.95. The molecule has 2 amide bonds.